The molecule has 1 rings (SSSR count). The number of nitrogens with zero attached hydrogens (tertiary/aromatic N) is 2. The van der Waals surface area contributed by atoms with Crippen molar-refractivity contribution in [3.8, 4) is 23.6 Å². The SMILES string of the molecule is COc1ccc(C=C(C#N)C#N)cc1OC(F)(F)F. The summed E-state index contributed by atoms with van der Waals surface area (Å²) in [7, 11) is 1.20. The fourth-order valence-corrected chi connectivity index (χ4v) is 1.24. The van der Waals surface area contributed by atoms with Gasteiger partial charge in [-0.2, -0.15) is 10.5 Å². The molecule has 7 heteroatoms. The van der Waals surface area contributed by atoms with E-state index in [4.69, 9.17) is 15.3 Å². The lowest BCUT2D eigenvalue weighted by atomic mass is 10.1. The number of hydrogen-bond donors (Lipinski definition) is 0. The number of rotatable bonds is 3. The Morgan fingerprint density at radius 3 is 2.32 bits per heavy atom. The van der Waals surface area contributed by atoms with Gasteiger partial charge in [0.15, 0.2) is 11.5 Å². The molecule has 4 nitrogen and oxygen atoms in total. The van der Waals surface area contributed by atoms with Crippen LogP contribution in [0.5, 0.6) is 11.5 Å². The highest BCUT2D eigenvalue weighted by Crippen LogP contribution is 2.33. The van der Waals surface area contributed by atoms with E-state index < -0.39 is 12.1 Å². The lowest BCUT2D eigenvalue weighted by molar-refractivity contribution is -0.275. The summed E-state index contributed by atoms with van der Waals surface area (Å²) in [6.45, 7) is 0. The van der Waals surface area contributed by atoms with Gasteiger partial charge in [-0.25, -0.2) is 0 Å². The van der Waals surface area contributed by atoms with Crippen LogP contribution in [0.1, 0.15) is 5.56 Å². The lowest BCUT2D eigenvalue weighted by Crippen LogP contribution is -2.17. The first kappa shape index (κ1) is 14.4. The van der Waals surface area contributed by atoms with Crippen LogP contribution in [0.15, 0.2) is 23.8 Å². The molecule has 19 heavy (non-hydrogen) atoms. The largest absolute Gasteiger partial charge is 0.573 e. The van der Waals surface area contributed by atoms with Crippen LogP contribution >= 0.6 is 0 Å². The molecule has 0 N–H and O–H groups in total. The minimum Gasteiger partial charge on any atom is -0.493 e. The minimum absolute atomic E-state index is 0.107. The second-order valence-electron chi connectivity index (χ2n) is 3.24. The van der Waals surface area contributed by atoms with Gasteiger partial charge in [0, 0.05) is 0 Å². The van der Waals surface area contributed by atoms with Gasteiger partial charge in [-0.3, -0.25) is 0 Å². The van der Waals surface area contributed by atoms with Crippen molar-refractivity contribution >= 4 is 6.08 Å². The Balaban J connectivity index is 3.20. The van der Waals surface area contributed by atoms with E-state index in [9.17, 15) is 13.2 Å². The molecule has 0 saturated heterocycles. The predicted octanol–water partition coefficient (Wildman–Crippen LogP) is 3.02. The molecular weight excluding hydrogens is 261 g/mol. The van der Waals surface area contributed by atoms with Crippen LogP contribution < -0.4 is 9.47 Å². The first-order valence-electron chi connectivity index (χ1n) is 4.85. The van der Waals surface area contributed by atoms with Gasteiger partial charge in [-0.1, -0.05) is 6.07 Å². The number of alkyl halides is 3. The van der Waals surface area contributed by atoms with E-state index in [1.807, 2.05) is 0 Å². The van der Waals surface area contributed by atoms with Gasteiger partial charge in [0.05, 0.1) is 7.11 Å². The third kappa shape index (κ3) is 4.25. The maximum atomic E-state index is 12.2. The molecule has 0 aliphatic heterocycles. The summed E-state index contributed by atoms with van der Waals surface area (Å²) in [5.41, 5.74) is -0.0127. The summed E-state index contributed by atoms with van der Waals surface area (Å²) in [6, 6.07) is 6.88. The second-order valence-corrected chi connectivity index (χ2v) is 3.24. The standard InChI is InChI=1S/C12H7F3N2O2/c1-18-10-3-2-8(4-9(6-16)7-17)5-11(10)19-12(13,14)15/h2-5H,1H3. The number of allylic oxidation sites excluding steroid dienone is 1. The quantitative estimate of drug-likeness (QED) is 0.790. The average molecular weight is 268 g/mol. The van der Waals surface area contributed by atoms with Gasteiger partial charge in [0.2, 0.25) is 0 Å². The number of methoxy groups -OCH3 is 1. The zero-order chi connectivity index (χ0) is 14.5. The van der Waals surface area contributed by atoms with Crippen LogP contribution in [-0.4, -0.2) is 13.5 Å². The molecule has 0 aliphatic carbocycles. The molecule has 1 aromatic rings. The molecule has 0 aliphatic rings. The van der Waals surface area contributed by atoms with Gasteiger partial charge < -0.3 is 9.47 Å². The summed E-state index contributed by atoms with van der Waals surface area (Å²) in [6.07, 6.45) is -3.72. The van der Waals surface area contributed by atoms with E-state index in [1.165, 1.54) is 19.2 Å². The first-order valence-corrected chi connectivity index (χ1v) is 4.85. The molecular formula is C12H7F3N2O2. The van der Waals surface area contributed by atoms with Crippen LogP contribution in [0.4, 0.5) is 13.2 Å². The summed E-state index contributed by atoms with van der Waals surface area (Å²) in [5, 5.41) is 17.1. The van der Waals surface area contributed by atoms with Crippen molar-refractivity contribution in [3.05, 3.63) is 29.3 Å². The van der Waals surface area contributed by atoms with E-state index in [2.05, 4.69) is 4.74 Å². The van der Waals surface area contributed by atoms with Crippen LogP contribution in [0.3, 0.4) is 0 Å². The molecule has 0 atom stereocenters. The van der Waals surface area contributed by atoms with E-state index in [0.717, 1.165) is 12.1 Å². The van der Waals surface area contributed by atoms with Crippen molar-refractivity contribution in [2.24, 2.45) is 0 Å². The molecule has 0 spiro atoms. The molecule has 98 valence electrons. The summed E-state index contributed by atoms with van der Waals surface area (Å²) in [4.78, 5) is 0. The average Bonchev–Trinajstić information content (AvgIpc) is 2.34. The zero-order valence-electron chi connectivity index (χ0n) is 9.65. The van der Waals surface area contributed by atoms with Crippen LogP contribution in [0, 0.1) is 22.7 Å². The van der Waals surface area contributed by atoms with Gasteiger partial charge in [0.1, 0.15) is 17.7 Å². The van der Waals surface area contributed by atoms with Gasteiger partial charge in [0.25, 0.3) is 0 Å². The van der Waals surface area contributed by atoms with Gasteiger partial charge in [-0.15, -0.1) is 13.2 Å². The minimum atomic E-state index is -4.86. The van der Waals surface area contributed by atoms with Crippen molar-refractivity contribution in [2.75, 3.05) is 7.11 Å². The Morgan fingerprint density at radius 2 is 1.84 bits per heavy atom. The fourth-order valence-electron chi connectivity index (χ4n) is 1.24. The molecule has 0 radical (unpaired) electrons. The van der Waals surface area contributed by atoms with Gasteiger partial charge in [-0.05, 0) is 23.8 Å². The Kier molecular flexibility index (Phi) is 4.38. The van der Waals surface area contributed by atoms with Crippen LogP contribution in [0.2, 0.25) is 0 Å². The molecule has 0 saturated carbocycles. The van der Waals surface area contributed by atoms with Crippen molar-refractivity contribution in [1.82, 2.24) is 0 Å². The number of halogens is 3. The number of hydrogen-bond acceptors (Lipinski definition) is 4. The van der Waals surface area contributed by atoms with Crippen molar-refractivity contribution in [2.45, 2.75) is 6.36 Å². The lowest BCUT2D eigenvalue weighted by Gasteiger charge is -2.12. The Labute approximate surface area is 106 Å². The third-order valence-electron chi connectivity index (χ3n) is 1.97. The van der Waals surface area contributed by atoms with E-state index in [1.54, 1.807) is 12.1 Å². The summed E-state index contributed by atoms with van der Waals surface area (Å²) >= 11 is 0. The summed E-state index contributed by atoms with van der Waals surface area (Å²) < 4.78 is 45.1. The molecule has 0 unspecified atom stereocenters. The van der Waals surface area contributed by atoms with E-state index in [0.29, 0.717) is 0 Å². The normalized spacial score (nSPS) is 10.0. The number of benzene rings is 1. The molecule has 0 fully saturated rings. The second kappa shape index (κ2) is 5.78. The van der Waals surface area contributed by atoms with Crippen LogP contribution in [0.25, 0.3) is 6.08 Å². The highest BCUT2D eigenvalue weighted by Gasteiger charge is 2.32. The smallest absolute Gasteiger partial charge is 0.493 e. The number of nitriles is 2. The Morgan fingerprint density at radius 1 is 1.21 bits per heavy atom. The molecule has 1 aromatic carbocycles. The maximum Gasteiger partial charge on any atom is 0.573 e. The van der Waals surface area contributed by atoms with Gasteiger partial charge >= 0.3 is 6.36 Å². The molecule has 0 amide bonds. The first-order chi connectivity index (χ1) is 8.89. The van der Waals surface area contributed by atoms with Crippen molar-refractivity contribution < 1.29 is 22.6 Å². The monoisotopic (exact) mass is 268 g/mol. The predicted molar refractivity (Wildman–Crippen MR) is 58.9 cm³/mol. The third-order valence-corrected chi connectivity index (χ3v) is 1.97. The van der Waals surface area contributed by atoms with Crippen LogP contribution in [-0.2, 0) is 0 Å². The maximum absolute atomic E-state index is 12.2. The van der Waals surface area contributed by atoms with Crippen molar-refractivity contribution in [1.29, 1.82) is 10.5 Å². The fraction of sp³-hybridized carbons (Fsp3) is 0.167. The molecule has 0 bridgehead atoms. The molecule has 0 aromatic heterocycles. The van der Waals surface area contributed by atoms with Crippen molar-refractivity contribution in [3.63, 3.8) is 0 Å². The zero-order valence-corrected chi connectivity index (χ0v) is 9.65. The highest BCUT2D eigenvalue weighted by atomic mass is 19.4. The molecule has 0 heterocycles. The highest BCUT2D eigenvalue weighted by molar-refractivity contribution is 5.64. The topological polar surface area (TPSA) is 66.0 Å². The van der Waals surface area contributed by atoms with E-state index >= 15 is 0 Å². The van der Waals surface area contributed by atoms with E-state index in [-0.39, 0.29) is 16.9 Å². The number of ether oxygens (including phenoxy) is 2. The Bertz CT molecular complexity index is 564. The summed E-state index contributed by atoms with van der Waals surface area (Å²) in [5.74, 6) is -0.649. The Hall–Kier alpha value is -2.67.